The lowest BCUT2D eigenvalue weighted by atomic mass is 9.99. The average Bonchev–Trinajstić information content (AvgIpc) is 3.52. The fourth-order valence-corrected chi connectivity index (χ4v) is 5.29. The van der Waals surface area contributed by atoms with E-state index in [1.165, 1.54) is 0 Å². The maximum absolute atomic E-state index is 13.4. The number of halogens is 1. The Morgan fingerprint density at radius 2 is 1.32 bits per heavy atom. The molecule has 5 rings (SSSR count). The number of ether oxygens (including phenoxy) is 3. The zero-order valence-corrected chi connectivity index (χ0v) is 27.5. The van der Waals surface area contributed by atoms with Gasteiger partial charge < -0.3 is 18.7 Å². The van der Waals surface area contributed by atoms with Gasteiger partial charge in [-0.2, -0.15) is 0 Å². The smallest absolute Gasteiger partial charge is 0.249 e. The molecule has 5 aromatic rings. The number of rotatable bonds is 14. The van der Waals surface area contributed by atoms with Crippen LogP contribution < -0.4 is 19.1 Å². The van der Waals surface area contributed by atoms with Gasteiger partial charge in [0.25, 0.3) is 0 Å². The van der Waals surface area contributed by atoms with Gasteiger partial charge in [-0.3, -0.25) is 9.59 Å². The fourth-order valence-electron chi connectivity index (χ4n) is 5.07. The van der Waals surface area contributed by atoms with Crippen molar-refractivity contribution in [3.8, 4) is 39.6 Å². The van der Waals surface area contributed by atoms with E-state index in [4.69, 9.17) is 30.3 Å². The summed E-state index contributed by atoms with van der Waals surface area (Å²) in [5, 5.41) is 4.79. The highest BCUT2D eigenvalue weighted by Gasteiger charge is 2.33. The molecule has 1 aromatic heterocycles. The molecule has 0 radical (unpaired) electrons. The van der Waals surface area contributed by atoms with Gasteiger partial charge in [-0.05, 0) is 47.7 Å². The lowest BCUT2D eigenvalue weighted by molar-refractivity contribution is -0.126. The third-order valence-electron chi connectivity index (χ3n) is 7.45. The number of hydrogen-bond acceptors (Lipinski definition) is 7. The predicted octanol–water partition coefficient (Wildman–Crippen LogP) is 9.29. The minimum atomic E-state index is -0.369. The molecule has 242 valence electrons. The maximum atomic E-state index is 13.4. The lowest BCUT2D eigenvalue weighted by Crippen LogP contribution is -2.36. The highest BCUT2D eigenvalue weighted by atomic mass is 35.5. The molecule has 0 fully saturated rings. The number of methoxy groups -OCH3 is 1. The van der Waals surface area contributed by atoms with Crippen LogP contribution in [0.2, 0.25) is 5.02 Å². The Morgan fingerprint density at radius 1 is 0.766 bits per heavy atom. The number of anilines is 1. The molecular weight excluding hydrogens is 616 g/mol. The first kappa shape index (κ1) is 33.3. The van der Waals surface area contributed by atoms with Crippen molar-refractivity contribution in [2.45, 2.75) is 52.7 Å². The molecule has 0 bridgehead atoms. The van der Waals surface area contributed by atoms with Crippen molar-refractivity contribution in [2.75, 3.05) is 12.0 Å². The highest BCUT2D eigenvalue weighted by Crippen LogP contribution is 2.46. The van der Waals surface area contributed by atoms with Gasteiger partial charge in [-0.25, -0.2) is 4.90 Å². The van der Waals surface area contributed by atoms with Gasteiger partial charge in [0, 0.05) is 24.5 Å². The molecule has 0 N–H and O–H groups in total. The molecule has 47 heavy (non-hydrogen) atoms. The largest absolute Gasteiger partial charge is 0.497 e. The molecule has 0 atom stereocenters. The summed E-state index contributed by atoms with van der Waals surface area (Å²) < 4.78 is 23.9. The van der Waals surface area contributed by atoms with Crippen molar-refractivity contribution in [3.63, 3.8) is 0 Å². The monoisotopic (exact) mass is 652 g/mol. The van der Waals surface area contributed by atoms with Crippen LogP contribution in [0.25, 0.3) is 22.4 Å². The summed E-state index contributed by atoms with van der Waals surface area (Å²) in [7, 11) is 1.58. The summed E-state index contributed by atoms with van der Waals surface area (Å²) in [6, 6.07) is 30.2. The van der Waals surface area contributed by atoms with E-state index >= 15 is 0 Å². The summed E-state index contributed by atoms with van der Waals surface area (Å²) >= 11 is 6.85. The van der Waals surface area contributed by atoms with Gasteiger partial charge in [-0.15, -0.1) is 0 Å². The number of nitrogens with zero attached hydrogens (tertiary/aromatic N) is 2. The molecule has 0 aliphatic rings. The molecule has 2 amide bonds. The molecule has 0 saturated heterocycles. The van der Waals surface area contributed by atoms with Crippen LogP contribution in [0.15, 0.2) is 102 Å². The van der Waals surface area contributed by atoms with Crippen molar-refractivity contribution < 1.29 is 28.3 Å². The normalized spacial score (nSPS) is 10.8. The van der Waals surface area contributed by atoms with Crippen LogP contribution in [0.4, 0.5) is 5.88 Å². The molecule has 1 heterocycles. The van der Waals surface area contributed by atoms with Crippen molar-refractivity contribution in [1.82, 2.24) is 5.16 Å². The van der Waals surface area contributed by atoms with Crippen LogP contribution in [0.3, 0.4) is 0 Å². The topological polar surface area (TPSA) is 91.1 Å². The van der Waals surface area contributed by atoms with Gasteiger partial charge in [0.2, 0.25) is 17.7 Å². The highest BCUT2D eigenvalue weighted by molar-refractivity contribution is 6.32. The van der Waals surface area contributed by atoms with Crippen LogP contribution in [-0.4, -0.2) is 24.1 Å². The number of amides is 2. The summed E-state index contributed by atoms with van der Waals surface area (Å²) in [5.41, 5.74) is 3.90. The Kier molecular flexibility index (Phi) is 11.3. The van der Waals surface area contributed by atoms with Crippen LogP contribution >= 0.6 is 11.6 Å². The standard InChI is InChI=1S/C38H37ClN2O6/c1-4-12-34(42)41(35(43)13-5-2)38-36(28-18-20-29(44-3)21-19-28)37(40-47-38)30-22-31(39)33(46-25-27-16-10-7-11-17-27)23-32(30)45-24-26-14-8-6-9-15-26/h6-11,14-23H,4-5,12-13,24-25H2,1-3H3. The van der Waals surface area contributed by atoms with Crippen molar-refractivity contribution in [2.24, 2.45) is 0 Å². The van der Waals surface area contributed by atoms with Crippen molar-refractivity contribution in [3.05, 3.63) is 113 Å². The van der Waals surface area contributed by atoms with Gasteiger partial charge in [0.05, 0.1) is 17.7 Å². The Hall–Kier alpha value is -5.08. The third-order valence-corrected chi connectivity index (χ3v) is 7.74. The average molecular weight is 653 g/mol. The molecule has 9 heteroatoms. The van der Waals surface area contributed by atoms with E-state index in [9.17, 15) is 9.59 Å². The first-order chi connectivity index (χ1) is 22.9. The van der Waals surface area contributed by atoms with E-state index in [1.54, 1.807) is 31.4 Å². The van der Waals surface area contributed by atoms with E-state index in [0.717, 1.165) is 16.0 Å². The summed E-state index contributed by atoms with van der Waals surface area (Å²) in [6.45, 7) is 4.33. The lowest BCUT2D eigenvalue weighted by Gasteiger charge is -2.19. The number of carbonyl (C=O) groups is 2. The van der Waals surface area contributed by atoms with Gasteiger partial charge in [0.1, 0.15) is 36.2 Å². The van der Waals surface area contributed by atoms with Gasteiger partial charge in [0.15, 0.2) is 0 Å². The minimum Gasteiger partial charge on any atom is -0.497 e. The predicted molar refractivity (Wildman–Crippen MR) is 183 cm³/mol. The number of benzene rings is 4. The fraction of sp³-hybridized carbons (Fsp3) is 0.237. The molecule has 0 aliphatic carbocycles. The van der Waals surface area contributed by atoms with E-state index in [2.05, 4.69) is 5.16 Å². The first-order valence-electron chi connectivity index (χ1n) is 15.6. The summed E-state index contributed by atoms with van der Waals surface area (Å²) in [4.78, 5) is 28.0. The van der Waals surface area contributed by atoms with Gasteiger partial charge >= 0.3 is 0 Å². The van der Waals surface area contributed by atoms with Crippen molar-refractivity contribution >= 4 is 29.3 Å². The van der Waals surface area contributed by atoms with Crippen LogP contribution in [-0.2, 0) is 22.8 Å². The quantitative estimate of drug-likeness (QED) is 0.118. The van der Waals surface area contributed by atoms with Crippen LogP contribution in [0.1, 0.15) is 50.7 Å². The number of imide groups is 1. The Morgan fingerprint density at radius 3 is 1.85 bits per heavy atom. The second-order valence-corrected chi connectivity index (χ2v) is 11.3. The zero-order chi connectivity index (χ0) is 33.2. The summed E-state index contributed by atoms with van der Waals surface area (Å²) in [6.07, 6.45) is 1.45. The Balaban J connectivity index is 1.66. The Labute approximate surface area is 279 Å². The second-order valence-electron chi connectivity index (χ2n) is 10.9. The maximum Gasteiger partial charge on any atom is 0.249 e. The van der Waals surface area contributed by atoms with E-state index in [1.807, 2.05) is 86.6 Å². The molecule has 0 spiro atoms. The molecular formula is C38H37ClN2O6. The van der Waals surface area contributed by atoms with Crippen molar-refractivity contribution in [1.29, 1.82) is 0 Å². The van der Waals surface area contributed by atoms with Crippen LogP contribution in [0, 0.1) is 0 Å². The van der Waals surface area contributed by atoms with Crippen LogP contribution in [0.5, 0.6) is 17.2 Å². The minimum absolute atomic E-state index is 0.0385. The number of aromatic nitrogens is 1. The molecule has 0 saturated carbocycles. The SMILES string of the molecule is CCCC(=O)N(C(=O)CCC)c1onc(-c2cc(Cl)c(OCc3ccccc3)cc2OCc2ccccc2)c1-c1ccc(OC)cc1. The first-order valence-corrected chi connectivity index (χ1v) is 16.0. The second kappa shape index (κ2) is 16.0. The summed E-state index contributed by atoms with van der Waals surface area (Å²) in [5.74, 6) is 0.802. The molecule has 0 aliphatic heterocycles. The Bertz CT molecular complexity index is 1770. The molecule has 4 aromatic carbocycles. The van der Waals surface area contributed by atoms with E-state index in [-0.39, 0.29) is 37.1 Å². The zero-order valence-electron chi connectivity index (χ0n) is 26.7. The van der Waals surface area contributed by atoms with Gasteiger partial charge in [-0.1, -0.05) is 103 Å². The van der Waals surface area contributed by atoms with E-state index in [0.29, 0.717) is 64.1 Å². The molecule has 8 nitrogen and oxygen atoms in total. The third kappa shape index (κ3) is 8.02. The van der Waals surface area contributed by atoms with E-state index < -0.39 is 0 Å². The molecule has 0 unspecified atom stereocenters. The number of hydrogen-bond donors (Lipinski definition) is 0. The number of carbonyl (C=O) groups excluding carboxylic acids is 2.